The lowest BCUT2D eigenvalue weighted by Gasteiger charge is -2.11. The second kappa shape index (κ2) is 7.98. The molecular formula is C19H21FN2O3. The Morgan fingerprint density at radius 1 is 1.32 bits per heavy atom. The Kier molecular flexibility index (Phi) is 5.50. The lowest BCUT2D eigenvalue weighted by atomic mass is 10.2. The summed E-state index contributed by atoms with van der Waals surface area (Å²) in [5.74, 6) is -0.477. The third kappa shape index (κ3) is 4.09. The highest BCUT2D eigenvalue weighted by atomic mass is 19.1. The third-order valence-corrected chi connectivity index (χ3v) is 3.94. The Morgan fingerprint density at radius 2 is 2.20 bits per heavy atom. The first-order valence-corrected chi connectivity index (χ1v) is 8.36. The van der Waals surface area contributed by atoms with Crippen LogP contribution in [0.5, 0.6) is 0 Å². The van der Waals surface area contributed by atoms with E-state index in [-0.39, 0.29) is 11.7 Å². The van der Waals surface area contributed by atoms with Crippen LogP contribution in [-0.4, -0.2) is 30.2 Å². The molecule has 6 heteroatoms. The van der Waals surface area contributed by atoms with E-state index in [0.717, 1.165) is 17.5 Å². The Labute approximate surface area is 145 Å². The number of hydrogen-bond donors (Lipinski definition) is 1. The SMILES string of the molecule is CCOCCCNC(=O)c1cc2occc2n1Cc1cccc(F)c1. The highest BCUT2D eigenvalue weighted by Crippen LogP contribution is 2.22. The summed E-state index contributed by atoms with van der Waals surface area (Å²) in [5.41, 5.74) is 2.72. The number of benzene rings is 1. The Hall–Kier alpha value is -2.60. The quantitative estimate of drug-likeness (QED) is 0.636. The van der Waals surface area contributed by atoms with Gasteiger partial charge >= 0.3 is 0 Å². The van der Waals surface area contributed by atoms with Crippen LogP contribution in [0.3, 0.4) is 0 Å². The molecule has 3 rings (SSSR count). The number of carbonyl (C=O) groups excluding carboxylic acids is 1. The first kappa shape index (κ1) is 17.2. The molecule has 2 heterocycles. The number of halogens is 1. The first-order valence-electron chi connectivity index (χ1n) is 8.36. The van der Waals surface area contributed by atoms with Gasteiger partial charge in [-0.05, 0) is 31.0 Å². The van der Waals surface area contributed by atoms with E-state index in [1.165, 1.54) is 12.1 Å². The molecule has 0 saturated heterocycles. The number of hydrogen-bond acceptors (Lipinski definition) is 3. The molecule has 0 aliphatic heterocycles. The van der Waals surface area contributed by atoms with Crippen LogP contribution in [0, 0.1) is 5.82 Å². The maximum Gasteiger partial charge on any atom is 0.268 e. The van der Waals surface area contributed by atoms with E-state index in [0.29, 0.717) is 37.6 Å². The first-order chi connectivity index (χ1) is 12.2. The normalized spacial score (nSPS) is 11.1. The van der Waals surface area contributed by atoms with Crippen LogP contribution in [-0.2, 0) is 11.3 Å². The van der Waals surface area contributed by atoms with Crippen LogP contribution in [0.25, 0.3) is 11.1 Å². The van der Waals surface area contributed by atoms with Crippen molar-refractivity contribution in [2.45, 2.75) is 19.9 Å². The van der Waals surface area contributed by atoms with E-state index in [1.807, 2.05) is 17.6 Å². The van der Waals surface area contributed by atoms with Gasteiger partial charge in [0.15, 0.2) is 5.58 Å². The molecule has 0 fully saturated rings. The number of rotatable bonds is 8. The number of fused-ring (bicyclic) bond motifs is 1. The average Bonchev–Trinajstić information content (AvgIpc) is 3.17. The van der Waals surface area contributed by atoms with Crippen molar-refractivity contribution in [2.75, 3.05) is 19.8 Å². The molecule has 0 atom stereocenters. The summed E-state index contributed by atoms with van der Waals surface area (Å²) < 4.78 is 26.0. The summed E-state index contributed by atoms with van der Waals surface area (Å²) in [6.07, 6.45) is 2.33. The van der Waals surface area contributed by atoms with Crippen molar-refractivity contribution < 1.29 is 18.3 Å². The fourth-order valence-corrected chi connectivity index (χ4v) is 2.76. The molecule has 1 amide bonds. The summed E-state index contributed by atoms with van der Waals surface area (Å²) in [4.78, 5) is 12.5. The van der Waals surface area contributed by atoms with Gasteiger partial charge in [0.25, 0.3) is 5.91 Å². The monoisotopic (exact) mass is 344 g/mol. The van der Waals surface area contributed by atoms with Crippen LogP contribution < -0.4 is 5.32 Å². The molecule has 0 bridgehead atoms. The summed E-state index contributed by atoms with van der Waals surface area (Å²) >= 11 is 0. The van der Waals surface area contributed by atoms with Gasteiger partial charge in [-0.2, -0.15) is 0 Å². The van der Waals surface area contributed by atoms with E-state index in [2.05, 4.69) is 5.32 Å². The summed E-state index contributed by atoms with van der Waals surface area (Å²) in [7, 11) is 0. The Balaban J connectivity index is 1.78. The third-order valence-electron chi connectivity index (χ3n) is 3.94. The Morgan fingerprint density at radius 3 is 3.00 bits per heavy atom. The van der Waals surface area contributed by atoms with Gasteiger partial charge in [-0.1, -0.05) is 12.1 Å². The minimum atomic E-state index is -0.296. The summed E-state index contributed by atoms with van der Waals surface area (Å²) in [6.45, 7) is 4.14. The smallest absolute Gasteiger partial charge is 0.268 e. The fourth-order valence-electron chi connectivity index (χ4n) is 2.76. The van der Waals surface area contributed by atoms with Crippen LogP contribution in [0.2, 0.25) is 0 Å². The van der Waals surface area contributed by atoms with Crippen molar-refractivity contribution in [1.29, 1.82) is 0 Å². The number of ether oxygens (including phenoxy) is 1. The molecule has 3 aromatic rings. The minimum Gasteiger partial charge on any atom is -0.463 e. The molecular weight excluding hydrogens is 323 g/mol. The molecule has 1 aromatic carbocycles. The second-order valence-corrected chi connectivity index (χ2v) is 5.72. The zero-order valence-electron chi connectivity index (χ0n) is 14.1. The largest absolute Gasteiger partial charge is 0.463 e. The van der Waals surface area contributed by atoms with Gasteiger partial charge in [0.05, 0.1) is 11.8 Å². The second-order valence-electron chi connectivity index (χ2n) is 5.72. The van der Waals surface area contributed by atoms with E-state index >= 15 is 0 Å². The van der Waals surface area contributed by atoms with E-state index in [1.54, 1.807) is 24.5 Å². The lowest BCUT2D eigenvalue weighted by Crippen LogP contribution is -2.27. The molecule has 0 spiro atoms. The van der Waals surface area contributed by atoms with Gasteiger partial charge < -0.3 is 19.0 Å². The van der Waals surface area contributed by atoms with Crippen molar-refractivity contribution in [2.24, 2.45) is 0 Å². The van der Waals surface area contributed by atoms with Gasteiger partial charge in [-0.3, -0.25) is 4.79 Å². The van der Waals surface area contributed by atoms with Crippen LogP contribution in [0.15, 0.2) is 47.1 Å². The van der Waals surface area contributed by atoms with Crippen LogP contribution in [0.4, 0.5) is 4.39 Å². The number of furan rings is 1. The van der Waals surface area contributed by atoms with Gasteiger partial charge in [-0.25, -0.2) is 4.39 Å². The average molecular weight is 344 g/mol. The molecule has 5 nitrogen and oxygen atoms in total. The standard InChI is InChI=1S/C19H21FN2O3/c1-2-24-9-4-8-21-19(23)17-12-18-16(7-10-25-18)22(17)13-14-5-3-6-15(20)11-14/h3,5-7,10-12H,2,4,8-9,13H2,1H3,(H,21,23). The molecule has 0 saturated carbocycles. The molecule has 0 aliphatic carbocycles. The van der Waals surface area contributed by atoms with Crippen molar-refractivity contribution in [3.63, 3.8) is 0 Å². The topological polar surface area (TPSA) is 56.4 Å². The van der Waals surface area contributed by atoms with Crippen molar-refractivity contribution >= 4 is 17.0 Å². The molecule has 132 valence electrons. The molecule has 25 heavy (non-hydrogen) atoms. The molecule has 0 unspecified atom stereocenters. The fraction of sp³-hybridized carbons (Fsp3) is 0.316. The Bertz CT molecular complexity index is 853. The summed E-state index contributed by atoms with van der Waals surface area (Å²) in [5, 5.41) is 2.89. The predicted octanol–water partition coefficient (Wildman–Crippen LogP) is 3.58. The van der Waals surface area contributed by atoms with Gasteiger partial charge in [-0.15, -0.1) is 0 Å². The molecule has 0 aliphatic rings. The zero-order chi connectivity index (χ0) is 17.6. The van der Waals surface area contributed by atoms with Crippen molar-refractivity contribution in [3.8, 4) is 0 Å². The van der Waals surface area contributed by atoms with E-state index in [9.17, 15) is 9.18 Å². The van der Waals surface area contributed by atoms with E-state index < -0.39 is 0 Å². The predicted molar refractivity (Wildman–Crippen MR) is 93.1 cm³/mol. The summed E-state index contributed by atoms with van der Waals surface area (Å²) in [6, 6.07) is 9.88. The number of nitrogens with zero attached hydrogens (tertiary/aromatic N) is 1. The van der Waals surface area contributed by atoms with Gasteiger partial charge in [0.2, 0.25) is 0 Å². The van der Waals surface area contributed by atoms with Gasteiger partial charge in [0.1, 0.15) is 11.5 Å². The number of amides is 1. The lowest BCUT2D eigenvalue weighted by molar-refractivity contribution is 0.0936. The number of carbonyl (C=O) groups is 1. The van der Waals surface area contributed by atoms with Crippen LogP contribution in [0.1, 0.15) is 29.4 Å². The van der Waals surface area contributed by atoms with Gasteiger partial charge in [0, 0.05) is 38.4 Å². The minimum absolute atomic E-state index is 0.181. The highest BCUT2D eigenvalue weighted by molar-refractivity contribution is 5.97. The zero-order valence-corrected chi connectivity index (χ0v) is 14.1. The number of aromatic nitrogens is 1. The number of nitrogens with one attached hydrogen (secondary N) is 1. The molecule has 2 aromatic heterocycles. The molecule has 1 N–H and O–H groups in total. The highest BCUT2D eigenvalue weighted by Gasteiger charge is 2.17. The maximum absolute atomic E-state index is 13.5. The van der Waals surface area contributed by atoms with Crippen molar-refractivity contribution in [3.05, 3.63) is 59.7 Å². The van der Waals surface area contributed by atoms with Crippen molar-refractivity contribution in [1.82, 2.24) is 9.88 Å². The van der Waals surface area contributed by atoms with Crippen LogP contribution >= 0.6 is 0 Å². The van der Waals surface area contributed by atoms with E-state index in [4.69, 9.17) is 9.15 Å². The molecule has 0 radical (unpaired) electrons. The maximum atomic E-state index is 13.5.